The van der Waals surface area contributed by atoms with Crippen molar-refractivity contribution in [3.05, 3.63) is 36.5 Å². The lowest BCUT2D eigenvalue weighted by molar-refractivity contribution is 1.28. The van der Waals surface area contributed by atoms with Gasteiger partial charge in [-0.25, -0.2) is 0 Å². The van der Waals surface area contributed by atoms with E-state index in [1.54, 1.807) is 0 Å². The number of hydrogen-bond donors (Lipinski definition) is 4. The lowest BCUT2D eigenvalue weighted by Crippen LogP contribution is -2.55. The van der Waals surface area contributed by atoms with Crippen LogP contribution in [-0.2, 0) is 0 Å². The van der Waals surface area contributed by atoms with Gasteiger partial charge in [-0.2, -0.15) is 0 Å². The first-order valence-electron chi connectivity index (χ1n) is 5.11. The van der Waals surface area contributed by atoms with Crippen LogP contribution in [0.5, 0.6) is 0 Å². The van der Waals surface area contributed by atoms with Gasteiger partial charge in [0.15, 0.2) is 0 Å². The Morgan fingerprint density at radius 3 is 2.07 bits per heavy atom. The first-order valence-corrected chi connectivity index (χ1v) is 5.11. The fourth-order valence-electron chi connectivity index (χ4n) is 1.45. The Hall–Kier alpha value is -1.17. The average molecular weight is 198 g/mol. The van der Waals surface area contributed by atoms with Crippen molar-refractivity contribution in [3.8, 4) is 0 Å². The van der Waals surface area contributed by atoms with Gasteiger partial charge in [-0.05, 0) is 17.5 Å². The maximum atomic E-state index is 3.12. The van der Waals surface area contributed by atoms with Crippen molar-refractivity contribution in [2.45, 2.75) is 0 Å². The zero-order valence-corrected chi connectivity index (χ0v) is 8.59. The van der Waals surface area contributed by atoms with Crippen LogP contribution in [0.3, 0.4) is 0 Å². The molecule has 0 unspecified atom stereocenters. The van der Waals surface area contributed by atoms with Gasteiger partial charge in [-0.1, -0.05) is 18.2 Å². The van der Waals surface area contributed by atoms with Gasteiger partial charge in [0.2, 0.25) is 0 Å². The number of benzene rings is 1. The smallest absolute Gasteiger partial charge is 0.265 e. The van der Waals surface area contributed by atoms with Gasteiger partial charge in [0.05, 0.1) is 0 Å². The van der Waals surface area contributed by atoms with Crippen molar-refractivity contribution in [1.29, 1.82) is 0 Å². The van der Waals surface area contributed by atoms with E-state index in [-0.39, 0.29) is 0 Å². The number of rotatable bonds is 0. The highest BCUT2D eigenvalue weighted by molar-refractivity contribution is 6.65. The van der Waals surface area contributed by atoms with E-state index in [2.05, 4.69) is 38.6 Å². The third-order valence-corrected chi connectivity index (χ3v) is 2.21. The Labute approximate surface area is 91.1 Å². The molecular formula is C8H13B3N4. The standard InChI is InChI=1S/C8H7N.B3H6N3/c1-2-4-8-7(3-1)5-6-9-8;1-4-2-6-3-5-1/h1-6,9H;1-6H. The summed E-state index contributed by atoms with van der Waals surface area (Å²) in [5.41, 5.74) is 1.21. The second kappa shape index (κ2) is 5.65. The Morgan fingerprint density at radius 2 is 1.47 bits per heavy atom. The number of aromatic amines is 1. The van der Waals surface area contributed by atoms with Gasteiger partial charge in [-0.3, -0.25) is 0 Å². The van der Waals surface area contributed by atoms with E-state index in [0.29, 0.717) is 0 Å². The van der Waals surface area contributed by atoms with Crippen molar-refractivity contribution >= 4 is 33.6 Å². The highest BCUT2D eigenvalue weighted by Gasteiger charge is 1.97. The Morgan fingerprint density at radius 1 is 0.800 bits per heavy atom. The molecule has 1 aromatic heterocycles. The molecule has 0 radical (unpaired) electrons. The first-order chi connectivity index (χ1) is 7.47. The van der Waals surface area contributed by atoms with Gasteiger partial charge < -0.3 is 20.4 Å². The molecule has 4 N–H and O–H groups in total. The van der Waals surface area contributed by atoms with Crippen molar-refractivity contribution in [1.82, 2.24) is 20.4 Å². The fourth-order valence-corrected chi connectivity index (χ4v) is 1.45. The van der Waals surface area contributed by atoms with Crippen LogP contribution in [0, 0.1) is 0 Å². The summed E-state index contributed by atoms with van der Waals surface area (Å²) in [6, 6.07) is 10.3. The quantitative estimate of drug-likeness (QED) is 0.399. The zero-order valence-electron chi connectivity index (χ0n) is 8.59. The minimum absolute atomic E-state index is 0.938. The van der Waals surface area contributed by atoms with E-state index in [1.165, 1.54) is 10.9 Å². The van der Waals surface area contributed by atoms with Crippen molar-refractivity contribution in [2.24, 2.45) is 0 Å². The second-order valence-corrected chi connectivity index (χ2v) is 3.35. The van der Waals surface area contributed by atoms with Crippen LogP contribution < -0.4 is 15.4 Å². The summed E-state index contributed by atoms with van der Waals surface area (Å²) >= 11 is 0. The van der Waals surface area contributed by atoms with Crippen LogP contribution in [0.25, 0.3) is 10.9 Å². The minimum Gasteiger partial charge on any atom is -0.378 e. The molecule has 0 atom stereocenters. The van der Waals surface area contributed by atoms with E-state index >= 15 is 0 Å². The van der Waals surface area contributed by atoms with Crippen LogP contribution in [0.1, 0.15) is 0 Å². The summed E-state index contributed by atoms with van der Waals surface area (Å²) in [6.07, 6.45) is 1.95. The molecule has 1 aromatic carbocycles. The van der Waals surface area contributed by atoms with E-state index in [9.17, 15) is 0 Å². The summed E-state index contributed by atoms with van der Waals surface area (Å²) in [5.74, 6) is 0. The molecule has 1 fully saturated rings. The largest absolute Gasteiger partial charge is 0.378 e. The Kier molecular flexibility index (Phi) is 3.90. The van der Waals surface area contributed by atoms with Crippen molar-refractivity contribution in [2.75, 3.05) is 0 Å². The minimum atomic E-state index is 0.938. The summed E-state index contributed by atoms with van der Waals surface area (Å²) in [6.45, 7) is 0. The molecule has 7 heteroatoms. The monoisotopic (exact) mass is 198 g/mol. The lowest BCUT2D eigenvalue weighted by atomic mass is 9.85. The number of fused-ring (bicyclic) bond motifs is 1. The number of para-hydroxylation sites is 1. The van der Waals surface area contributed by atoms with Crippen LogP contribution >= 0.6 is 0 Å². The molecule has 0 spiro atoms. The molecule has 15 heavy (non-hydrogen) atoms. The summed E-state index contributed by atoms with van der Waals surface area (Å²) < 4.78 is 0. The lowest BCUT2D eigenvalue weighted by Gasteiger charge is -2.08. The van der Waals surface area contributed by atoms with E-state index in [4.69, 9.17) is 0 Å². The van der Waals surface area contributed by atoms with E-state index < -0.39 is 0 Å². The van der Waals surface area contributed by atoms with Crippen LogP contribution in [-0.4, -0.2) is 27.6 Å². The van der Waals surface area contributed by atoms with E-state index in [0.717, 1.165) is 22.6 Å². The number of nitrogens with one attached hydrogen (secondary N) is 4. The molecule has 74 valence electrons. The molecule has 2 heterocycles. The molecule has 0 aliphatic carbocycles. The second-order valence-electron chi connectivity index (χ2n) is 3.35. The molecule has 0 saturated carbocycles. The summed E-state index contributed by atoms with van der Waals surface area (Å²) in [5, 5.41) is 10.5. The van der Waals surface area contributed by atoms with Crippen molar-refractivity contribution < 1.29 is 0 Å². The van der Waals surface area contributed by atoms with Crippen LogP contribution in [0.4, 0.5) is 0 Å². The predicted molar refractivity (Wildman–Crippen MR) is 69.2 cm³/mol. The topological polar surface area (TPSA) is 51.9 Å². The average Bonchev–Trinajstić information content (AvgIpc) is 2.80. The van der Waals surface area contributed by atoms with Gasteiger partial charge in [0, 0.05) is 11.7 Å². The van der Waals surface area contributed by atoms with Crippen LogP contribution in [0.2, 0.25) is 0 Å². The molecular weight excluding hydrogens is 185 g/mol. The number of hydrogen-bond acceptors (Lipinski definition) is 3. The maximum Gasteiger partial charge on any atom is 0.265 e. The van der Waals surface area contributed by atoms with Gasteiger partial charge in [-0.15, -0.1) is 0 Å². The molecule has 4 nitrogen and oxygen atoms in total. The molecule has 1 saturated heterocycles. The molecule has 2 aromatic rings. The normalized spacial score (nSPS) is 14.1. The molecule has 3 rings (SSSR count). The summed E-state index contributed by atoms with van der Waals surface area (Å²) in [4.78, 5) is 3.12. The SMILES string of the molecule is B1NBNBN1.c1ccc2[nH]ccc2c1. The first kappa shape index (κ1) is 10.4. The number of aromatic nitrogens is 1. The zero-order chi connectivity index (χ0) is 10.3. The summed E-state index contributed by atoms with van der Waals surface area (Å²) in [7, 11) is 2.81. The fraction of sp³-hybridized carbons (Fsp3) is 0. The molecule has 1 aliphatic heterocycles. The van der Waals surface area contributed by atoms with Gasteiger partial charge >= 0.3 is 0 Å². The predicted octanol–water partition coefficient (Wildman–Crippen LogP) is -1.26. The molecule has 1 aliphatic rings. The van der Waals surface area contributed by atoms with Crippen molar-refractivity contribution in [3.63, 3.8) is 0 Å². The highest BCUT2D eigenvalue weighted by atomic mass is 15.0. The van der Waals surface area contributed by atoms with Gasteiger partial charge in [0.25, 0.3) is 22.6 Å². The Balaban J connectivity index is 0.000000124. The molecule has 0 bridgehead atoms. The van der Waals surface area contributed by atoms with E-state index in [1.807, 2.05) is 18.3 Å². The Bertz CT molecular complexity index is 360. The van der Waals surface area contributed by atoms with Crippen LogP contribution in [0.15, 0.2) is 36.5 Å². The third kappa shape index (κ3) is 3.16. The third-order valence-electron chi connectivity index (χ3n) is 2.21. The highest BCUT2D eigenvalue weighted by Crippen LogP contribution is 2.09. The molecule has 0 amide bonds. The van der Waals surface area contributed by atoms with Gasteiger partial charge in [0.1, 0.15) is 0 Å². The number of H-pyrrole nitrogens is 1. The maximum absolute atomic E-state index is 3.12.